The van der Waals surface area contributed by atoms with E-state index in [9.17, 15) is 4.39 Å². The third kappa shape index (κ3) is 9.54. The van der Waals surface area contributed by atoms with Crippen molar-refractivity contribution in [1.82, 2.24) is 0 Å². The largest absolute Gasteiger partial charge is 0.467 e. The number of rotatable bonds is 20. The van der Waals surface area contributed by atoms with Crippen LogP contribution in [-0.4, -0.2) is 64.2 Å². The maximum absolute atomic E-state index is 13.6. The average Bonchev–Trinajstić information content (AvgIpc) is 3.58. The molecule has 5 rings (SSSR count). The van der Waals surface area contributed by atoms with Crippen LogP contribution in [0.25, 0.3) is 10.4 Å². The lowest BCUT2D eigenvalue weighted by molar-refractivity contribution is -0.402. The van der Waals surface area contributed by atoms with Crippen molar-refractivity contribution in [2.45, 2.75) is 123 Å². The molecule has 2 aromatic carbocycles. The van der Waals surface area contributed by atoms with E-state index in [1.807, 2.05) is 12.1 Å². The molecule has 276 valence electrons. The third-order valence-corrected chi connectivity index (χ3v) is 10.6. The first-order valence-corrected chi connectivity index (χ1v) is 19.6. The molecule has 5 atom stereocenters. The Hall–Kier alpha value is -2.37. The van der Waals surface area contributed by atoms with E-state index < -0.39 is 30.2 Å². The highest BCUT2D eigenvalue weighted by molar-refractivity contribution is 7.15. The van der Waals surface area contributed by atoms with E-state index in [0.717, 1.165) is 84.2 Å². The number of thiophene rings is 1. The summed E-state index contributed by atoms with van der Waals surface area (Å²) in [6.07, 6.45) is 6.64. The van der Waals surface area contributed by atoms with E-state index in [1.54, 1.807) is 11.3 Å². The van der Waals surface area contributed by atoms with Crippen LogP contribution >= 0.6 is 11.3 Å². The SMILES string of the molecule is CCCCOC[C@H]1O[C@]2(OCOc3cc(C)c(Cc4ccc(-c5ccc(F)cc5)s4)cc32)[C@H](OCCCC)[C@@H](OCCCC)[C@@H]1OCCCC. The van der Waals surface area contributed by atoms with E-state index in [0.29, 0.717) is 39.5 Å². The minimum Gasteiger partial charge on any atom is -0.467 e. The molecule has 3 aromatic rings. The van der Waals surface area contributed by atoms with Crippen LogP contribution in [-0.2, 0) is 40.6 Å². The highest BCUT2D eigenvalue weighted by Crippen LogP contribution is 2.49. The van der Waals surface area contributed by atoms with Crippen molar-refractivity contribution in [3.63, 3.8) is 0 Å². The Morgan fingerprint density at radius 1 is 0.800 bits per heavy atom. The third-order valence-electron chi connectivity index (χ3n) is 9.48. The topological polar surface area (TPSA) is 64.6 Å². The summed E-state index contributed by atoms with van der Waals surface area (Å²) in [5, 5.41) is 0. The van der Waals surface area contributed by atoms with Gasteiger partial charge in [0.2, 0.25) is 5.79 Å². The van der Waals surface area contributed by atoms with Crippen LogP contribution in [0.15, 0.2) is 48.5 Å². The molecule has 0 radical (unpaired) electrons. The normalized spacial score (nSPS) is 23.2. The summed E-state index contributed by atoms with van der Waals surface area (Å²) in [5.41, 5.74) is 4.06. The molecule has 0 aliphatic carbocycles. The number of unbranched alkanes of at least 4 members (excludes halogenated alkanes) is 4. The van der Waals surface area contributed by atoms with Crippen LogP contribution in [0.5, 0.6) is 5.75 Å². The van der Waals surface area contributed by atoms with Crippen molar-refractivity contribution >= 4 is 11.3 Å². The summed E-state index contributed by atoms with van der Waals surface area (Å²) in [6, 6.07) is 15.2. The number of halogens is 1. The Bertz CT molecular complexity index is 1450. The van der Waals surface area contributed by atoms with Gasteiger partial charge in [-0.1, -0.05) is 65.5 Å². The average molecular weight is 713 g/mol. The second kappa shape index (κ2) is 19.5. The smallest absolute Gasteiger partial charge is 0.231 e. The van der Waals surface area contributed by atoms with Crippen LogP contribution in [0.2, 0.25) is 0 Å². The zero-order valence-electron chi connectivity index (χ0n) is 30.7. The molecule has 1 saturated heterocycles. The number of hydrogen-bond donors (Lipinski definition) is 0. The van der Waals surface area contributed by atoms with E-state index in [2.05, 4.69) is 58.9 Å². The monoisotopic (exact) mass is 712 g/mol. The van der Waals surface area contributed by atoms with Crippen LogP contribution in [0.3, 0.4) is 0 Å². The van der Waals surface area contributed by atoms with Gasteiger partial charge in [-0.3, -0.25) is 0 Å². The van der Waals surface area contributed by atoms with Gasteiger partial charge in [0.25, 0.3) is 0 Å². The van der Waals surface area contributed by atoms with Gasteiger partial charge in [0.15, 0.2) is 6.79 Å². The van der Waals surface area contributed by atoms with E-state index in [4.69, 9.17) is 33.2 Å². The van der Waals surface area contributed by atoms with Gasteiger partial charge >= 0.3 is 0 Å². The Balaban J connectivity index is 1.54. The van der Waals surface area contributed by atoms with Crippen LogP contribution in [0.1, 0.15) is 101 Å². The molecule has 0 bridgehead atoms. The summed E-state index contributed by atoms with van der Waals surface area (Å²) < 4.78 is 60.1. The van der Waals surface area contributed by atoms with Gasteiger partial charge in [0, 0.05) is 42.6 Å². The molecule has 1 spiro atoms. The molecule has 0 unspecified atom stereocenters. The molecule has 7 nitrogen and oxygen atoms in total. The number of fused-ring (bicyclic) bond motifs is 2. The molecular weight excluding hydrogens is 656 g/mol. The van der Waals surface area contributed by atoms with E-state index in [1.165, 1.54) is 17.0 Å². The Morgan fingerprint density at radius 3 is 2.16 bits per heavy atom. The van der Waals surface area contributed by atoms with Crippen molar-refractivity contribution < 1.29 is 37.5 Å². The van der Waals surface area contributed by atoms with Crippen LogP contribution in [0, 0.1) is 12.7 Å². The summed E-state index contributed by atoms with van der Waals surface area (Å²) >= 11 is 1.71. The number of ether oxygens (including phenoxy) is 7. The zero-order chi connectivity index (χ0) is 35.3. The Labute approximate surface area is 302 Å². The standard InChI is InChI=1S/C41H57FO7S/c1-6-10-20-43-27-36-38(44-21-11-7-2)39(45-22-12-8-3)40(46-23-13-9-4)41(49-36)34-26-31(29(5)24-35(34)47-28-48-41)25-33-18-19-37(50-33)30-14-16-32(42)17-15-30/h14-19,24,26,36,38-40H,6-13,20-23,25,27-28H2,1-5H3/t36-,38-,39+,40-,41+/m1/s1. The van der Waals surface area contributed by atoms with Gasteiger partial charge in [0.05, 0.1) is 12.2 Å². The summed E-state index contributed by atoms with van der Waals surface area (Å²) in [5.74, 6) is -0.802. The van der Waals surface area contributed by atoms with Crippen molar-refractivity contribution in [1.29, 1.82) is 0 Å². The Kier molecular flexibility index (Phi) is 15.1. The first-order chi connectivity index (χ1) is 24.4. The second-order valence-corrected chi connectivity index (χ2v) is 14.6. The van der Waals surface area contributed by atoms with Gasteiger partial charge in [-0.25, -0.2) is 4.39 Å². The lowest BCUT2D eigenvalue weighted by Gasteiger charge is -2.53. The van der Waals surface area contributed by atoms with E-state index >= 15 is 0 Å². The number of aryl methyl sites for hydroxylation is 1. The highest BCUT2D eigenvalue weighted by Gasteiger charge is 2.61. The fourth-order valence-corrected chi connectivity index (χ4v) is 7.57. The molecule has 3 heterocycles. The maximum atomic E-state index is 13.6. The highest BCUT2D eigenvalue weighted by atomic mass is 32.1. The minimum atomic E-state index is -1.29. The van der Waals surface area contributed by atoms with Crippen molar-refractivity contribution in [2.24, 2.45) is 0 Å². The van der Waals surface area contributed by atoms with Crippen LogP contribution in [0.4, 0.5) is 4.39 Å². The predicted molar refractivity (Wildman–Crippen MR) is 196 cm³/mol. The molecule has 0 amide bonds. The summed E-state index contributed by atoms with van der Waals surface area (Å²) in [4.78, 5) is 2.30. The van der Waals surface area contributed by atoms with Crippen molar-refractivity contribution in [3.8, 4) is 16.2 Å². The number of hydrogen-bond acceptors (Lipinski definition) is 8. The van der Waals surface area contributed by atoms with Crippen molar-refractivity contribution in [2.75, 3.05) is 39.8 Å². The maximum Gasteiger partial charge on any atom is 0.231 e. The molecule has 0 N–H and O–H groups in total. The first-order valence-electron chi connectivity index (χ1n) is 18.8. The lowest BCUT2D eigenvalue weighted by atomic mass is 9.84. The fraction of sp³-hybridized carbons (Fsp3) is 0.610. The first kappa shape index (κ1) is 38.9. The van der Waals surface area contributed by atoms with E-state index in [-0.39, 0.29) is 12.6 Å². The molecule has 50 heavy (non-hydrogen) atoms. The number of benzene rings is 2. The van der Waals surface area contributed by atoms with Gasteiger partial charge in [-0.05, 0) is 85.7 Å². The van der Waals surface area contributed by atoms with Gasteiger partial charge in [0.1, 0.15) is 36.0 Å². The molecular formula is C41H57FO7S. The lowest BCUT2D eigenvalue weighted by Crippen LogP contribution is -2.67. The minimum absolute atomic E-state index is 0.0256. The Morgan fingerprint density at radius 2 is 1.46 bits per heavy atom. The van der Waals surface area contributed by atoms with Gasteiger partial charge in [-0.15, -0.1) is 11.3 Å². The molecule has 0 saturated carbocycles. The fourth-order valence-electron chi connectivity index (χ4n) is 6.53. The van der Waals surface area contributed by atoms with Gasteiger partial charge in [-0.2, -0.15) is 0 Å². The summed E-state index contributed by atoms with van der Waals surface area (Å²) in [6.45, 7) is 13.5. The summed E-state index contributed by atoms with van der Waals surface area (Å²) in [7, 11) is 0. The predicted octanol–water partition coefficient (Wildman–Crippen LogP) is 9.74. The molecule has 1 fully saturated rings. The van der Waals surface area contributed by atoms with Crippen LogP contribution < -0.4 is 4.74 Å². The molecule has 2 aliphatic rings. The second-order valence-electron chi connectivity index (χ2n) is 13.4. The van der Waals surface area contributed by atoms with Crippen molar-refractivity contribution in [3.05, 3.63) is 75.9 Å². The molecule has 9 heteroatoms. The molecule has 1 aromatic heterocycles. The quantitative estimate of drug-likeness (QED) is 0.108. The molecule has 2 aliphatic heterocycles. The van der Waals surface area contributed by atoms with Gasteiger partial charge < -0.3 is 33.2 Å². The zero-order valence-corrected chi connectivity index (χ0v) is 31.5.